The number of aliphatic hydroxyl groups is 3. The molecule has 0 aliphatic heterocycles. The van der Waals surface area contributed by atoms with Crippen LogP contribution in [0.4, 0.5) is 0 Å². The number of rotatable bonds is 72. The van der Waals surface area contributed by atoms with Gasteiger partial charge in [0.1, 0.15) is 0 Å². The third-order valence-corrected chi connectivity index (χ3v) is 14.0. The van der Waals surface area contributed by atoms with Crippen LogP contribution in [0, 0.1) is 0 Å². The molecule has 0 fully saturated rings. The van der Waals surface area contributed by atoms with Crippen LogP contribution in [0.1, 0.15) is 204 Å². The first-order valence-corrected chi connectivity index (χ1v) is 33.8. The first-order valence-electron chi connectivity index (χ1n) is 33.8. The van der Waals surface area contributed by atoms with Gasteiger partial charge < -0.3 is 88.1 Å². The summed E-state index contributed by atoms with van der Waals surface area (Å²) in [5.74, 6) is -0.845. The Kier molecular flexibility index (Phi) is 65.0. The molecular weight excluding hydrogens is 1120 g/mol. The lowest BCUT2D eigenvalue weighted by molar-refractivity contribution is -0.00577. The van der Waals surface area contributed by atoms with Crippen molar-refractivity contribution in [1.82, 2.24) is 16.0 Å². The Labute approximate surface area is 524 Å². The fourth-order valence-electron chi connectivity index (χ4n) is 9.11. The second kappa shape index (κ2) is 68.9. The Morgan fingerprint density at radius 3 is 0.552 bits per heavy atom. The number of aliphatic hydroxyl groups excluding tert-OH is 3. The zero-order valence-corrected chi connectivity index (χ0v) is 54.0. The first-order chi connectivity index (χ1) is 43.0. The van der Waals surface area contributed by atoms with Crippen molar-refractivity contribution in [2.24, 2.45) is 0 Å². The van der Waals surface area contributed by atoms with Gasteiger partial charge in [-0.25, -0.2) is 0 Å². The van der Waals surface area contributed by atoms with Crippen LogP contribution in [-0.4, -0.2) is 231 Å². The predicted octanol–water partition coefficient (Wildman–Crippen LogP) is 8.58. The number of carbonyl (C=O) groups is 3. The number of ether oxygens (including phenoxy) is 12. The average molecular weight is 1250 g/mol. The minimum Gasteiger partial charge on any atom is -0.394 e. The van der Waals surface area contributed by atoms with Gasteiger partial charge in [0, 0.05) is 56.1 Å². The molecule has 0 spiro atoms. The number of unbranched alkanes of at least 4 members (excludes halogenated alkanes) is 24. The van der Waals surface area contributed by atoms with E-state index in [2.05, 4.69) is 16.0 Å². The van der Waals surface area contributed by atoms with E-state index >= 15 is 0 Å². The normalized spacial score (nSPS) is 11.5. The summed E-state index contributed by atoms with van der Waals surface area (Å²) in [5.41, 5.74) is 0.941. The lowest BCUT2D eigenvalue weighted by Gasteiger charge is -2.12. The number of hydrogen-bond donors (Lipinski definition) is 6. The first kappa shape index (κ1) is 82.0. The van der Waals surface area contributed by atoms with Crippen LogP contribution < -0.4 is 16.0 Å². The Bertz CT molecular complexity index is 1430. The van der Waals surface area contributed by atoms with E-state index in [1.165, 1.54) is 57.8 Å². The lowest BCUT2D eigenvalue weighted by Crippen LogP contribution is -2.29. The highest BCUT2D eigenvalue weighted by molar-refractivity contribution is 6.04. The number of amides is 3. The van der Waals surface area contributed by atoms with Gasteiger partial charge >= 0.3 is 0 Å². The van der Waals surface area contributed by atoms with Gasteiger partial charge in [-0.3, -0.25) is 14.4 Å². The molecule has 0 unspecified atom stereocenters. The maximum absolute atomic E-state index is 13.5. The standard InChI is InChI=1S/C66H123N3O18/c70-31-37-79-43-49-85-55-52-82-46-40-76-34-25-19-13-7-1-4-10-16-22-28-67-64(73)61-58-62(65(74)68-29-23-17-11-5-2-8-14-20-26-35-77-41-47-83-53-56-86-50-44-80-38-32-71)60-63(59-61)66(75)69-30-24-18-12-6-3-9-15-21-27-36-78-42-48-84-54-57-87-51-45-81-39-33-72/h58-60,70-72H,1-57H2,(H,67,73)(H,68,74)(H,69,75). The molecule has 0 aromatic heterocycles. The molecule has 21 nitrogen and oxygen atoms in total. The number of carbonyl (C=O) groups excluding carboxylic acids is 3. The Hall–Kier alpha value is -2.97. The molecule has 0 bridgehead atoms. The van der Waals surface area contributed by atoms with Crippen molar-refractivity contribution in [1.29, 1.82) is 0 Å². The van der Waals surface area contributed by atoms with E-state index in [9.17, 15) is 14.4 Å². The maximum Gasteiger partial charge on any atom is 0.251 e. The molecule has 0 aliphatic rings. The second-order valence-corrected chi connectivity index (χ2v) is 21.6. The molecule has 1 rings (SSSR count). The largest absolute Gasteiger partial charge is 0.394 e. The second-order valence-electron chi connectivity index (χ2n) is 21.6. The van der Waals surface area contributed by atoms with E-state index in [0.717, 1.165) is 135 Å². The molecule has 21 heteroatoms. The van der Waals surface area contributed by atoms with Crippen LogP contribution in [-0.2, 0) is 56.8 Å². The molecule has 0 saturated heterocycles. The topological polar surface area (TPSA) is 259 Å². The van der Waals surface area contributed by atoms with Crippen molar-refractivity contribution in [2.75, 3.05) is 198 Å². The van der Waals surface area contributed by atoms with Gasteiger partial charge in [0.15, 0.2) is 0 Å². The van der Waals surface area contributed by atoms with Gasteiger partial charge in [-0.1, -0.05) is 135 Å². The highest BCUT2D eigenvalue weighted by atomic mass is 16.6. The van der Waals surface area contributed by atoms with Gasteiger partial charge in [0.05, 0.1) is 159 Å². The Morgan fingerprint density at radius 2 is 0.368 bits per heavy atom. The van der Waals surface area contributed by atoms with Crippen LogP contribution >= 0.6 is 0 Å². The summed E-state index contributed by atoms with van der Waals surface area (Å²) < 4.78 is 65.3. The summed E-state index contributed by atoms with van der Waals surface area (Å²) in [6, 6.07) is 4.82. The van der Waals surface area contributed by atoms with Crippen LogP contribution in [0.25, 0.3) is 0 Å². The molecular formula is C66H123N3O18. The average Bonchev–Trinajstić information content (AvgIpc) is 3.71. The highest BCUT2D eigenvalue weighted by Crippen LogP contribution is 2.15. The third-order valence-electron chi connectivity index (χ3n) is 14.0. The van der Waals surface area contributed by atoms with Crippen LogP contribution in [0.3, 0.4) is 0 Å². The summed E-state index contributed by atoms with van der Waals surface area (Å²) in [6.07, 6.45) is 29.8. The molecule has 1 aromatic carbocycles. The molecule has 510 valence electrons. The van der Waals surface area contributed by atoms with E-state index in [0.29, 0.717) is 175 Å². The van der Waals surface area contributed by atoms with Gasteiger partial charge in [0.25, 0.3) is 17.7 Å². The van der Waals surface area contributed by atoms with E-state index in [4.69, 9.17) is 72.2 Å². The monoisotopic (exact) mass is 1250 g/mol. The van der Waals surface area contributed by atoms with Crippen LogP contribution in [0.15, 0.2) is 18.2 Å². The minimum atomic E-state index is -0.282. The third kappa shape index (κ3) is 59.1. The summed E-state index contributed by atoms with van der Waals surface area (Å²) in [4.78, 5) is 40.5. The molecule has 0 radical (unpaired) electrons. The molecule has 0 heterocycles. The number of hydrogen-bond acceptors (Lipinski definition) is 18. The van der Waals surface area contributed by atoms with E-state index in [1.807, 2.05) is 0 Å². The quantitative estimate of drug-likeness (QED) is 0.0334. The van der Waals surface area contributed by atoms with Crippen LogP contribution in [0.5, 0.6) is 0 Å². The van der Waals surface area contributed by atoms with Gasteiger partial charge in [0.2, 0.25) is 0 Å². The fourth-order valence-corrected chi connectivity index (χ4v) is 9.11. The SMILES string of the molecule is O=C(NCCCCCCCCCCCOCCOCCOCCOCCO)c1cc(C(=O)NCCCCCCCCCCCOCCOCCOCCOCCO)cc(C(=O)NCCCCCCCCCCCOCCOCCOCCOCCO)c1. The number of nitrogens with one attached hydrogen (secondary N) is 3. The highest BCUT2D eigenvalue weighted by Gasteiger charge is 2.17. The molecule has 1 aromatic rings. The number of benzene rings is 1. The summed E-state index contributed by atoms with van der Waals surface area (Å²) in [5, 5.41) is 35.2. The summed E-state index contributed by atoms with van der Waals surface area (Å²) in [7, 11) is 0. The van der Waals surface area contributed by atoms with Crippen molar-refractivity contribution in [3.05, 3.63) is 34.9 Å². The Balaban J connectivity index is 2.35. The van der Waals surface area contributed by atoms with Crippen molar-refractivity contribution in [3.63, 3.8) is 0 Å². The fraction of sp³-hybridized carbons (Fsp3) is 0.864. The van der Waals surface area contributed by atoms with E-state index < -0.39 is 0 Å². The van der Waals surface area contributed by atoms with Crippen molar-refractivity contribution in [2.45, 2.75) is 173 Å². The molecule has 3 amide bonds. The summed E-state index contributed by atoms with van der Waals surface area (Å²) in [6.45, 7) is 14.3. The lowest BCUT2D eigenvalue weighted by atomic mass is 10.0. The molecule has 0 saturated carbocycles. The van der Waals surface area contributed by atoms with E-state index in [1.54, 1.807) is 18.2 Å². The zero-order valence-electron chi connectivity index (χ0n) is 54.0. The molecule has 0 aliphatic carbocycles. The van der Waals surface area contributed by atoms with E-state index in [-0.39, 0.29) is 37.5 Å². The summed E-state index contributed by atoms with van der Waals surface area (Å²) >= 11 is 0. The van der Waals surface area contributed by atoms with Gasteiger partial charge in [-0.15, -0.1) is 0 Å². The van der Waals surface area contributed by atoms with Crippen molar-refractivity contribution >= 4 is 17.7 Å². The molecule has 87 heavy (non-hydrogen) atoms. The maximum atomic E-state index is 13.5. The Morgan fingerprint density at radius 1 is 0.218 bits per heavy atom. The van der Waals surface area contributed by atoms with Gasteiger partial charge in [-0.2, -0.15) is 0 Å². The van der Waals surface area contributed by atoms with Crippen molar-refractivity contribution < 1.29 is 86.5 Å². The smallest absolute Gasteiger partial charge is 0.251 e. The minimum absolute atomic E-state index is 0.0204. The van der Waals surface area contributed by atoms with Crippen LogP contribution in [0.2, 0.25) is 0 Å². The molecule has 6 N–H and O–H groups in total. The van der Waals surface area contributed by atoms with Crippen molar-refractivity contribution in [3.8, 4) is 0 Å². The molecule has 0 atom stereocenters. The zero-order chi connectivity index (χ0) is 62.5. The van der Waals surface area contributed by atoms with Gasteiger partial charge in [-0.05, 0) is 56.7 Å². The predicted molar refractivity (Wildman–Crippen MR) is 339 cm³/mol.